The Labute approximate surface area is 228 Å². The molecule has 1 aliphatic carbocycles. The largest absolute Gasteiger partial charge is 0.0610 e. The summed E-state index contributed by atoms with van der Waals surface area (Å²) in [5.74, 6) is 0. The van der Waals surface area contributed by atoms with Gasteiger partial charge in [0.2, 0.25) is 0 Å². The first kappa shape index (κ1) is 24.7. The smallest absolute Gasteiger partial charge is 0.00201 e. The highest BCUT2D eigenvalue weighted by atomic mass is 14.3. The maximum absolute atomic E-state index is 2.45. The molecule has 5 aromatic rings. The minimum Gasteiger partial charge on any atom is -0.0610 e. The van der Waals surface area contributed by atoms with Crippen LogP contribution in [-0.4, -0.2) is 0 Å². The van der Waals surface area contributed by atoms with Gasteiger partial charge in [-0.15, -0.1) is 0 Å². The molecular formula is C38H38. The molecule has 38 heavy (non-hydrogen) atoms. The highest BCUT2D eigenvalue weighted by Crippen LogP contribution is 2.51. The van der Waals surface area contributed by atoms with Crippen LogP contribution in [0.5, 0.6) is 0 Å². The van der Waals surface area contributed by atoms with Gasteiger partial charge in [0.1, 0.15) is 0 Å². The summed E-state index contributed by atoms with van der Waals surface area (Å²) in [7, 11) is 0. The Morgan fingerprint density at radius 1 is 0.342 bits per heavy atom. The van der Waals surface area contributed by atoms with Crippen molar-refractivity contribution >= 4 is 10.8 Å². The van der Waals surface area contributed by atoms with Gasteiger partial charge in [-0.05, 0) is 186 Å². The van der Waals surface area contributed by atoms with Crippen molar-refractivity contribution in [3.8, 4) is 44.5 Å². The van der Waals surface area contributed by atoms with Crippen molar-refractivity contribution in [3.63, 3.8) is 0 Å². The lowest BCUT2D eigenvalue weighted by molar-refractivity contribution is 1.18. The first-order valence-corrected chi connectivity index (χ1v) is 13.9. The van der Waals surface area contributed by atoms with E-state index < -0.39 is 0 Å². The molecule has 0 bridgehead atoms. The number of hydrogen-bond donors (Lipinski definition) is 0. The topological polar surface area (TPSA) is 0 Å². The minimum atomic E-state index is 1.33. The third-order valence-corrected chi connectivity index (χ3v) is 10.2. The quantitative estimate of drug-likeness (QED) is 0.224. The molecule has 0 fully saturated rings. The number of benzene rings is 5. The third-order valence-electron chi connectivity index (χ3n) is 10.2. The Bertz CT molecular complexity index is 1780. The van der Waals surface area contributed by atoms with Crippen LogP contribution in [0.15, 0.2) is 48.5 Å². The molecule has 0 atom stereocenters. The fourth-order valence-electron chi connectivity index (χ4n) is 7.07. The van der Waals surface area contributed by atoms with Gasteiger partial charge in [0.15, 0.2) is 0 Å². The van der Waals surface area contributed by atoms with Gasteiger partial charge in [0.05, 0.1) is 0 Å². The second-order valence-electron chi connectivity index (χ2n) is 11.6. The van der Waals surface area contributed by atoms with Crippen molar-refractivity contribution in [1.29, 1.82) is 0 Å². The van der Waals surface area contributed by atoms with E-state index in [2.05, 4.69) is 118 Å². The summed E-state index contributed by atoms with van der Waals surface area (Å²) in [5.41, 5.74) is 25.0. The molecule has 0 aliphatic heterocycles. The lowest BCUT2D eigenvalue weighted by Crippen LogP contribution is -2.00. The van der Waals surface area contributed by atoms with Gasteiger partial charge >= 0.3 is 0 Å². The summed E-state index contributed by atoms with van der Waals surface area (Å²) in [6, 6.07) is 18.8. The molecule has 0 amide bonds. The molecule has 190 valence electrons. The number of rotatable bonds is 2. The van der Waals surface area contributed by atoms with E-state index in [0.29, 0.717) is 0 Å². The van der Waals surface area contributed by atoms with E-state index in [4.69, 9.17) is 0 Å². The van der Waals surface area contributed by atoms with Crippen molar-refractivity contribution in [2.75, 3.05) is 0 Å². The fourth-order valence-corrected chi connectivity index (χ4v) is 7.07. The Morgan fingerprint density at radius 3 is 1.37 bits per heavy atom. The lowest BCUT2D eigenvalue weighted by atomic mass is 9.84. The van der Waals surface area contributed by atoms with Crippen LogP contribution in [-0.2, 0) is 0 Å². The number of hydrogen-bond acceptors (Lipinski definition) is 0. The van der Waals surface area contributed by atoms with Crippen LogP contribution >= 0.6 is 0 Å². The van der Waals surface area contributed by atoms with Crippen molar-refractivity contribution in [2.24, 2.45) is 0 Å². The normalized spacial score (nSPS) is 11.9. The maximum Gasteiger partial charge on any atom is -0.00201 e. The first-order valence-electron chi connectivity index (χ1n) is 13.9. The lowest BCUT2D eigenvalue weighted by Gasteiger charge is -2.20. The zero-order valence-electron chi connectivity index (χ0n) is 24.6. The van der Waals surface area contributed by atoms with Crippen molar-refractivity contribution in [1.82, 2.24) is 0 Å². The molecular weight excluding hydrogens is 456 g/mol. The van der Waals surface area contributed by atoms with Crippen LogP contribution in [0.2, 0.25) is 0 Å². The molecule has 0 heterocycles. The van der Waals surface area contributed by atoms with Gasteiger partial charge in [-0.2, -0.15) is 0 Å². The molecule has 0 spiro atoms. The second kappa shape index (κ2) is 8.43. The Morgan fingerprint density at radius 2 is 0.789 bits per heavy atom. The standard InChI is InChI=1S/C38H38/c1-19-21(3)25(7)36(26(8)22(19)4)29-14-15-30-33-16-17-34(31-12-11-13-32(38(31)33)35(30)18-29)37-27(9)23(5)20(2)24(6)28(37)10/h11-18H,1-10H3. The highest BCUT2D eigenvalue weighted by Gasteiger charge is 2.25. The van der Waals surface area contributed by atoms with E-state index in [9.17, 15) is 0 Å². The summed E-state index contributed by atoms with van der Waals surface area (Å²) in [5, 5.41) is 2.76. The molecule has 6 rings (SSSR count). The molecule has 0 radical (unpaired) electrons. The molecule has 5 aromatic carbocycles. The van der Waals surface area contributed by atoms with Crippen molar-refractivity contribution in [2.45, 2.75) is 69.2 Å². The first-order chi connectivity index (χ1) is 18.0. The molecule has 0 saturated heterocycles. The zero-order valence-corrected chi connectivity index (χ0v) is 24.6. The predicted molar refractivity (Wildman–Crippen MR) is 167 cm³/mol. The van der Waals surface area contributed by atoms with E-state index in [1.165, 1.54) is 111 Å². The highest BCUT2D eigenvalue weighted by molar-refractivity contribution is 6.19. The monoisotopic (exact) mass is 494 g/mol. The van der Waals surface area contributed by atoms with Crippen LogP contribution in [0.1, 0.15) is 55.6 Å². The molecule has 0 saturated carbocycles. The van der Waals surface area contributed by atoms with Crippen LogP contribution in [0.25, 0.3) is 55.3 Å². The van der Waals surface area contributed by atoms with E-state index >= 15 is 0 Å². The minimum absolute atomic E-state index is 1.33. The van der Waals surface area contributed by atoms with E-state index in [-0.39, 0.29) is 0 Å². The van der Waals surface area contributed by atoms with Crippen LogP contribution in [0, 0.1) is 69.2 Å². The number of fused-ring (bicyclic) bond motifs is 3. The van der Waals surface area contributed by atoms with Gasteiger partial charge in [0.25, 0.3) is 0 Å². The molecule has 0 N–H and O–H groups in total. The van der Waals surface area contributed by atoms with Crippen molar-refractivity contribution < 1.29 is 0 Å². The zero-order chi connectivity index (χ0) is 27.2. The summed E-state index contributed by atoms with van der Waals surface area (Å²) >= 11 is 0. The molecule has 0 heteroatoms. The summed E-state index contributed by atoms with van der Waals surface area (Å²) in [6.45, 7) is 22.8. The fraction of sp³-hybridized carbons (Fsp3) is 0.263. The molecule has 0 aromatic heterocycles. The van der Waals surface area contributed by atoms with Gasteiger partial charge < -0.3 is 0 Å². The van der Waals surface area contributed by atoms with Crippen LogP contribution in [0.4, 0.5) is 0 Å². The van der Waals surface area contributed by atoms with Crippen LogP contribution in [0.3, 0.4) is 0 Å². The Hall–Kier alpha value is -3.64. The molecule has 0 unspecified atom stereocenters. The second-order valence-corrected chi connectivity index (χ2v) is 11.6. The predicted octanol–water partition coefficient (Wildman–Crippen LogP) is 10.9. The summed E-state index contributed by atoms with van der Waals surface area (Å²) in [4.78, 5) is 0. The Balaban J connectivity index is 1.62. The van der Waals surface area contributed by atoms with E-state index in [1.54, 1.807) is 0 Å². The average Bonchev–Trinajstić information content (AvgIpc) is 3.24. The van der Waals surface area contributed by atoms with Gasteiger partial charge in [-0.25, -0.2) is 0 Å². The molecule has 1 aliphatic rings. The Kier molecular flexibility index (Phi) is 5.48. The van der Waals surface area contributed by atoms with Gasteiger partial charge in [-0.3, -0.25) is 0 Å². The van der Waals surface area contributed by atoms with E-state index in [1.807, 2.05) is 0 Å². The van der Waals surface area contributed by atoms with Crippen LogP contribution < -0.4 is 0 Å². The van der Waals surface area contributed by atoms with Gasteiger partial charge in [-0.1, -0.05) is 42.5 Å². The third kappa shape index (κ3) is 3.16. The van der Waals surface area contributed by atoms with Gasteiger partial charge in [0, 0.05) is 0 Å². The summed E-state index contributed by atoms with van der Waals surface area (Å²) in [6.07, 6.45) is 0. The maximum atomic E-state index is 2.45. The van der Waals surface area contributed by atoms with Crippen molar-refractivity contribution in [3.05, 3.63) is 104 Å². The summed E-state index contributed by atoms with van der Waals surface area (Å²) < 4.78 is 0. The molecule has 0 nitrogen and oxygen atoms in total. The van der Waals surface area contributed by atoms with E-state index in [0.717, 1.165) is 0 Å². The average molecular weight is 495 g/mol. The SMILES string of the molecule is Cc1c(C)c(C)c(-c2ccc3c(c2)-c2cccc4c(-c5c(C)c(C)c(C)c(C)c5C)ccc-3c24)c(C)c1C.